The molecule has 0 fully saturated rings. The normalized spacial score (nSPS) is 11.4. The van der Waals surface area contributed by atoms with Crippen LogP contribution in [0.25, 0.3) is 6.08 Å². The Morgan fingerprint density at radius 2 is 1.63 bits per heavy atom. The van der Waals surface area contributed by atoms with E-state index in [0.717, 1.165) is 5.56 Å². The van der Waals surface area contributed by atoms with Crippen LogP contribution < -0.4 is 10.0 Å². The van der Waals surface area contributed by atoms with Gasteiger partial charge < -0.3 is 9.73 Å². The molecule has 6 nitrogen and oxygen atoms in total. The fourth-order valence-corrected chi connectivity index (χ4v) is 3.34. The van der Waals surface area contributed by atoms with Crippen molar-refractivity contribution in [2.45, 2.75) is 11.8 Å². The molecule has 0 unspecified atom stereocenters. The molecule has 3 aromatic rings. The van der Waals surface area contributed by atoms with Gasteiger partial charge in [-0.05, 0) is 61.5 Å². The molecule has 1 heterocycles. The Hall–Kier alpha value is -3.32. The minimum Gasteiger partial charge on any atom is -0.465 e. The van der Waals surface area contributed by atoms with Crippen molar-refractivity contribution in [2.75, 3.05) is 10.0 Å². The van der Waals surface area contributed by atoms with Crippen LogP contribution in [-0.2, 0) is 14.8 Å². The van der Waals surface area contributed by atoms with E-state index < -0.39 is 10.0 Å². The monoisotopic (exact) mass is 382 g/mol. The molecule has 0 atom stereocenters. The highest BCUT2D eigenvalue weighted by molar-refractivity contribution is 7.92. The molecule has 3 rings (SSSR count). The zero-order valence-electron chi connectivity index (χ0n) is 14.5. The summed E-state index contributed by atoms with van der Waals surface area (Å²) in [6.45, 7) is 1.89. The van der Waals surface area contributed by atoms with Crippen LogP contribution >= 0.6 is 0 Å². The van der Waals surface area contributed by atoms with Gasteiger partial charge in [0.25, 0.3) is 10.0 Å². The Balaban J connectivity index is 1.63. The Kier molecular flexibility index (Phi) is 5.42. The Bertz CT molecular complexity index is 1040. The molecule has 1 aromatic heterocycles. The maximum absolute atomic E-state index is 12.4. The number of benzene rings is 2. The lowest BCUT2D eigenvalue weighted by Gasteiger charge is -2.09. The van der Waals surface area contributed by atoms with E-state index in [1.165, 1.54) is 12.3 Å². The molecule has 0 radical (unpaired) electrons. The number of nitrogens with one attached hydrogen (secondary N) is 2. The van der Waals surface area contributed by atoms with Gasteiger partial charge in [-0.1, -0.05) is 17.7 Å². The van der Waals surface area contributed by atoms with Crippen LogP contribution in [0.3, 0.4) is 0 Å². The van der Waals surface area contributed by atoms with Gasteiger partial charge in [-0.25, -0.2) is 8.42 Å². The highest BCUT2D eigenvalue weighted by atomic mass is 32.2. The van der Waals surface area contributed by atoms with E-state index in [0.29, 0.717) is 17.1 Å². The van der Waals surface area contributed by atoms with Crippen LogP contribution in [0.1, 0.15) is 11.3 Å². The Labute approximate surface area is 157 Å². The van der Waals surface area contributed by atoms with Crippen molar-refractivity contribution in [2.24, 2.45) is 0 Å². The predicted octanol–water partition coefficient (Wildman–Crippen LogP) is 4.04. The molecular weight excluding hydrogens is 364 g/mol. The number of amides is 1. The second-order valence-corrected chi connectivity index (χ2v) is 7.52. The first kappa shape index (κ1) is 18.5. The van der Waals surface area contributed by atoms with Crippen LogP contribution in [-0.4, -0.2) is 14.3 Å². The zero-order chi connectivity index (χ0) is 19.3. The van der Waals surface area contributed by atoms with Gasteiger partial charge in [-0.3, -0.25) is 9.52 Å². The van der Waals surface area contributed by atoms with Gasteiger partial charge in [0, 0.05) is 17.5 Å². The fraction of sp³-hybridized carbons (Fsp3) is 0.0500. The summed E-state index contributed by atoms with van der Waals surface area (Å²) < 4.78 is 32.4. The third kappa shape index (κ3) is 5.08. The number of hydrogen-bond acceptors (Lipinski definition) is 4. The van der Waals surface area contributed by atoms with E-state index in [4.69, 9.17) is 4.42 Å². The first-order chi connectivity index (χ1) is 12.9. The molecule has 1 amide bonds. The molecule has 0 saturated heterocycles. The van der Waals surface area contributed by atoms with Crippen molar-refractivity contribution in [1.29, 1.82) is 0 Å². The Morgan fingerprint density at radius 3 is 2.26 bits per heavy atom. The standard InChI is InChI=1S/C20H18N2O4S/c1-15-4-11-19(12-5-15)27(24,25)22-17-8-6-16(7-9-17)21-20(23)13-10-18-3-2-14-26-18/h2-14,22H,1H3,(H,21,23). The lowest BCUT2D eigenvalue weighted by Crippen LogP contribution is -2.13. The van der Waals surface area contributed by atoms with E-state index in [-0.39, 0.29) is 10.8 Å². The SMILES string of the molecule is Cc1ccc(S(=O)(=O)Nc2ccc(NC(=O)C=Cc3ccco3)cc2)cc1. The molecule has 7 heteroatoms. The highest BCUT2D eigenvalue weighted by Crippen LogP contribution is 2.19. The molecule has 138 valence electrons. The van der Waals surface area contributed by atoms with Gasteiger partial charge in [0.05, 0.1) is 11.2 Å². The lowest BCUT2D eigenvalue weighted by atomic mass is 10.2. The minimum absolute atomic E-state index is 0.188. The summed E-state index contributed by atoms with van der Waals surface area (Å²) in [7, 11) is -3.66. The topological polar surface area (TPSA) is 88.4 Å². The van der Waals surface area contributed by atoms with Crippen molar-refractivity contribution >= 4 is 33.4 Å². The minimum atomic E-state index is -3.66. The maximum atomic E-state index is 12.4. The average Bonchev–Trinajstić information content (AvgIpc) is 3.15. The molecule has 2 N–H and O–H groups in total. The second-order valence-electron chi connectivity index (χ2n) is 5.83. The summed E-state index contributed by atoms with van der Waals surface area (Å²) in [5, 5.41) is 2.69. The van der Waals surface area contributed by atoms with Crippen LogP contribution in [0.15, 0.2) is 82.3 Å². The first-order valence-electron chi connectivity index (χ1n) is 8.14. The van der Waals surface area contributed by atoms with Crippen LogP contribution in [0.4, 0.5) is 11.4 Å². The lowest BCUT2D eigenvalue weighted by molar-refractivity contribution is -0.111. The fourth-order valence-electron chi connectivity index (χ4n) is 2.28. The summed E-state index contributed by atoms with van der Waals surface area (Å²) in [6, 6.07) is 16.4. The van der Waals surface area contributed by atoms with Crippen LogP contribution in [0.2, 0.25) is 0 Å². The molecule has 0 aliphatic heterocycles. The third-order valence-electron chi connectivity index (χ3n) is 3.68. The summed E-state index contributed by atoms with van der Waals surface area (Å²) in [4.78, 5) is 12.1. The maximum Gasteiger partial charge on any atom is 0.261 e. The van der Waals surface area contributed by atoms with Crippen molar-refractivity contribution in [3.63, 3.8) is 0 Å². The largest absolute Gasteiger partial charge is 0.465 e. The van der Waals surface area contributed by atoms with Crippen LogP contribution in [0.5, 0.6) is 0 Å². The van der Waals surface area contributed by atoms with E-state index in [9.17, 15) is 13.2 Å². The average molecular weight is 382 g/mol. The summed E-state index contributed by atoms with van der Waals surface area (Å²) >= 11 is 0. The number of sulfonamides is 1. The Morgan fingerprint density at radius 1 is 0.963 bits per heavy atom. The predicted molar refractivity (Wildman–Crippen MR) is 105 cm³/mol. The van der Waals surface area contributed by atoms with Gasteiger partial charge in [-0.2, -0.15) is 0 Å². The number of rotatable bonds is 6. The van der Waals surface area contributed by atoms with Gasteiger partial charge >= 0.3 is 0 Å². The molecule has 0 spiro atoms. The van der Waals surface area contributed by atoms with E-state index in [1.807, 2.05) is 6.92 Å². The number of furan rings is 1. The molecule has 0 aliphatic carbocycles. The quantitative estimate of drug-likeness (QED) is 0.630. The molecule has 27 heavy (non-hydrogen) atoms. The number of hydrogen-bond donors (Lipinski definition) is 2. The first-order valence-corrected chi connectivity index (χ1v) is 9.63. The van der Waals surface area contributed by atoms with Gasteiger partial charge in [0.2, 0.25) is 5.91 Å². The molecule has 0 saturated carbocycles. The van der Waals surface area contributed by atoms with Gasteiger partial charge in [0.15, 0.2) is 0 Å². The molecule has 2 aromatic carbocycles. The van der Waals surface area contributed by atoms with E-state index >= 15 is 0 Å². The molecule has 0 aliphatic rings. The zero-order valence-corrected chi connectivity index (χ0v) is 15.4. The van der Waals surface area contributed by atoms with E-state index in [1.54, 1.807) is 66.7 Å². The molecule has 0 bridgehead atoms. The van der Waals surface area contributed by atoms with E-state index in [2.05, 4.69) is 10.0 Å². The van der Waals surface area contributed by atoms with Crippen molar-refractivity contribution < 1.29 is 17.6 Å². The van der Waals surface area contributed by atoms with Crippen molar-refractivity contribution in [3.05, 3.63) is 84.3 Å². The number of aryl methyl sites for hydroxylation is 1. The van der Waals surface area contributed by atoms with Gasteiger partial charge in [0.1, 0.15) is 5.76 Å². The highest BCUT2D eigenvalue weighted by Gasteiger charge is 2.13. The van der Waals surface area contributed by atoms with Crippen molar-refractivity contribution in [3.8, 4) is 0 Å². The van der Waals surface area contributed by atoms with Crippen molar-refractivity contribution in [1.82, 2.24) is 0 Å². The smallest absolute Gasteiger partial charge is 0.261 e. The summed E-state index contributed by atoms with van der Waals surface area (Å²) in [5.74, 6) is 0.255. The summed E-state index contributed by atoms with van der Waals surface area (Å²) in [6.07, 6.45) is 4.43. The van der Waals surface area contributed by atoms with Gasteiger partial charge in [-0.15, -0.1) is 0 Å². The number of carbonyl (C=O) groups excluding carboxylic acids is 1. The molecular formula is C20H18N2O4S. The number of carbonyl (C=O) groups is 1. The van der Waals surface area contributed by atoms with Crippen LogP contribution in [0, 0.1) is 6.92 Å². The summed E-state index contributed by atoms with van der Waals surface area (Å²) in [5.41, 5.74) is 1.93. The number of anilines is 2. The third-order valence-corrected chi connectivity index (χ3v) is 5.08. The second kappa shape index (κ2) is 7.92.